The van der Waals surface area contributed by atoms with Crippen LogP contribution >= 0.6 is 0 Å². The summed E-state index contributed by atoms with van der Waals surface area (Å²) in [5, 5.41) is 22.4. The molecule has 0 bridgehead atoms. The Balaban J connectivity index is 1.77. The van der Waals surface area contributed by atoms with E-state index < -0.39 is 0 Å². The zero-order chi connectivity index (χ0) is 15.2. The topological polar surface area (TPSA) is 78.8 Å². The average molecular weight is 293 g/mol. The van der Waals surface area contributed by atoms with Gasteiger partial charge in [0.2, 0.25) is 0 Å². The fraction of sp³-hybridized carbons (Fsp3) is 0.562. The van der Waals surface area contributed by atoms with Crippen molar-refractivity contribution in [3.05, 3.63) is 23.8 Å². The molecule has 0 aromatic heterocycles. The van der Waals surface area contributed by atoms with Crippen molar-refractivity contribution in [1.82, 2.24) is 5.32 Å². The summed E-state index contributed by atoms with van der Waals surface area (Å²) in [5.74, 6) is 0.117. The summed E-state index contributed by atoms with van der Waals surface area (Å²) in [6.45, 7) is 2.83. The molecule has 0 atom stereocenters. The van der Waals surface area contributed by atoms with Gasteiger partial charge in [0.25, 0.3) is 0 Å². The number of hydrogen-bond acceptors (Lipinski definition) is 5. The number of carbonyl (C=O) groups excluding carboxylic acids is 1. The van der Waals surface area contributed by atoms with Crippen LogP contribution in [0.3, 0.4) is 0 Å². The lowest BCUT2D eigenvalue weighted by molar-refractivity contribution is -0.149. The Morgan fingerprint density at radius 3 is 2.62 bits per heavy atom. The maximum atomic E-state index is 11.7. The quantitative estimate of drug-likeness (QED) is 0.726. The zero-order valence-corrected chi connectivity index (χ0v) is 12.3. The highest BCUT2D eigenvalue weighted by Gasteiger charge is 2.26. The van der Waals surface area contributed by atoms with E-state index in [0.717, 1.165) is 31.2 Å². The first-order chi connectivity index (χ1) is 10.1. The predicted octanol–water partition coefficient (Wildman–Crippen LogP) is 2.31. The van der Waals surface area contributed by atoms with Crippen molar-refractivity contribution in [3.63, 3.8) is 0 Å². The molecule has 5 heteroatoms. The minimum atomic E-state index is -0.0767. The molecular weight excluding hydrogens is 270 g/mol. The molecule has 116 valence electrons. The highest BCUT2D eigenvalue weighted by Crippen LogP contribution is 2.27. The largest absolute Gasteiger partial charge is 0.508 e. The van der Waals surface area contributed by atoms with E-state index in [1.165, 1.54) is 6.07 Å². The third-order valence-electron chi connectivity index (χ3n) is 4.00. The maximum Gasteiger partial charge on any atom is 0.308 e. The molecule has 1 fully saturated rings. The van der Waals surface area contributed by atoms with E-state index in [0.29, 0.717) is 19.2 Å². The minimum absolute atomic E-state index is 0.0325. The summed E-state index contributed by atoms with van der Waals surface area (Å²) < 4.78 is 5.06. The monoisotopic (exact) mass is 293 g/mol. The molecule has 0 radical (unpaired) electrons. The molecule has 1 saturated carbocycles. The van der Waals surface area contributed by atoms with Crippen LogP contribution in [-0.2, 0) is 16.1 Å². The Kier molecular flexibility index (Phi) is 5.44. The third-order valence-corrected chi connectivity index (χ3v) is 4.00. The third kappa shape index (κ3) is 4.36. The summed E-state index contributed by atoms with van der Waals surface area (Å²) in [4.78, 5) is 11.7. The Morgan fingerprint density at radius 1 is 1.29 bits per heavy atom. The van der Waals surface area contributed by atoms with Crippen molar-refractivity contribution in [2.75, 3.05) is 6.61 Å². The lowest BCUT2D eigenvalue weighted by Gasteiger charge is -2.28. The molecule has 0 unspecified atom stereocenters. The van der Waals surface area contributed by atoms with Gasteiger partial charge in [0.05, 0.1) is 12.5 Å². The van der Waals surface area contributed by atoms with Crippen molar-refractivity contribution >= 4 is 5.97 Å². The second-order valence-electron chi connectivity index (χ2n) is 5.49. The summed E-state index contributed by atoms with van der Waals surface area (Å²) in [7, 11) is 0. The van der Waals surface area contributed by atoms with Gasteiger partial charge in [-0.2, -0.15) is 0 Å². The van der Waals surface area contributed by atoms with Crippen LogP contribution in [0.15, 0.2) is 18.2 Å². The molecule has 1 aromatic carbocycles. The Hall–Kier alpha value is -1.75. The molecule has 0 heterocycles. The van der Waals surface area contributed by atoms with Crippen molar-refractivity contribution in [1.29, 1.82) is 0 Å². The SMILES string of the molecule is CCOC(=O)C1CCC(NCc2ccc(O)cc2O)CC1. The van der Waals surface area contributed by atoms with E-state index in [1.807, 2.05) is 6.92 Å². The number of benzene rings is 1. The lowest BCUT2D eigenvalue weighted by atomic mass is 9.86. The van der Waals surface area contributed by atoms with Gasteiger partial charge in [-0.05, 0) is 38.7 Å². The standard InChI is InChI=1S/C16H23NO4/c1-2-21-16(20)11-3-6-13(7-4-11)17-10-12-5-8-14(18)9-15(12)19/h5,8-9,11,13,17-19H,2-4,6-7,10H2,1H3. The Morgan fingerprint density at radius 2 is 2.00 bits per heavy atom. The fourth-order valence-corrected chi connectivity index (χ4v) is 2.75. The first kappa shape index (κ1) is 15.6. The zero-order valence-electron chi connectivity index (χ0n) is 12.3. The first-order valence-corrected chi connectivity index (χ1v) is 7.51. The molecule has 1 aromatic rings. The number of aromatic hydroxyl groups is 2. The first-order valence-electron chi connectivity index (χ1n) is 7.51. The number of carbonyl (C=O) groups is 1. The smallest absolute Gasteiger partial charge is 0.308 e. The van der Waals surface area contributed by atoms with Crippen molar-refractivity contribution < 1.29 is 19.7 Å². The number of ether oxygens (including phenoxy) is 1. The molecule has 1 aliphatic carbocycles. The van der Waals surface area contributed by atoms with E-state index >= 15 is 0 Å². The van der Waals surface area contributed by atoms with Crippen LogP contribution in [0.1, 0.15) is 38.2 Å². The Labute approximate surface area is 124 Å². The van der Waals surface area contributed by atoms with Crippen molar-refractivity contribution in [2.45, 2.75) is 45.2 Å². The van der Waals surface area contributed by atoms with Gasteiger partial charge in [0, 0.05) is 24.2 Å². The predicted molar refractivity (Wildman–Crippen MR) is 79.0 cm³/mol. The van der Waals surface area contributed by atoms with Crippen molar-refractivity contribution in [2.24, 2.45) is 5.92 Å². The van der Waals surface area contributed by atoms with Gasteiger partial charge in [-0.25, -0.2) is 0 Å². The molecule has 0 spiro atoms. The van der Waals surface area contributed by atoms with Crippen LogP contribution in [0.2, 0.25) is 0 Å². The van der Waals surface area contributed by atoms with Gasteiger partial charge in [-0.15, -0.1) is 0 Å². The average Bonchev–Trinajstić information content (AvgIpc) is 2.47. The van der Waals surface area contributed by atoms with E-state index in [1.54, 1.807) is 12.1 Å². The Bertz CT molecular complexity index is 481. The molecule has 2 rings (SSSR count). The lowest BCUT2D eigenvalue weighted by Crippen LogP contribution is -2.35. The van der Waals surface area contributed by atoms with Crippen LogP contribution < -0.4 is 5.32 Å². The summed E-state index contributed by atoms with van der Waals surface area (Å²) in [6, 6.07) is 4.97. The molecule has 1 aliphatic rings. The van der Waals surface area contributed by atoms with Gasteiger partial charge >= 0.3 is 5.97 Å². The van der Waals surface area contributed by atoms with Crippen LogP contribution in [-0.4, -0.2) is 28.8 Å². The van der Waals surface area contributed by atoms with E-state index in [-0.39, 0.29) is 23.4 Å². The summed E-state index contributed by atoms with van der Waals surface area (Å²) in [6.07, 6.45) is 3.56. The number of hydrogen-bond donors (Lipinski definition) is 3. The molecule has 0 amide bonds. The summed E-state index contributed by atoms with van der Waals surface area (Å²) >= 11 is 0. The fourth-order valence-electron chi connectivity index (χ4n) is 2.75. The molecule has 0 saturated heterocycles. The molecule has 21 heavy (non-hydrogen) atoms. The van der Waals surface area contributed by atoms with E-state index in [9.17, 15) is 15.0 Å². The van der Waals surface area contributed by atoms with E-state index in [4.69, 9.17) is 4.74 Å². The van der Waals surface area contributed by atoms with Crippen LogP contribution in [0.5, 0.6) is 11.5 Å². The number of phenolic OH excluding ortho intramolecular Hbond substituents is 2. The number of nitrogens with one attached hydrogen (secondary N) is 1. The highest BCUT2D eigenvalue weighted by molar-refractivity contribution is 5.72. The van der Waals surface area contributed by atoms with Gasteiger partial charge in [-0.1, -0.05) is 6.07 Å². The minimum Gasteiger partial charge on any atom is -0.508 e. The van der Waals surface area contributed by atoms with Gasteiger partial charge in [0.1, 0.15) is 11.5 Å². The second kappa shape index (κ2) is 7.31. The van der Waals surface area contributed by atoms with Crippen LogP contribution in [0.25, 0.3) is 0 Å². The molecule has 3 N–H and O–H groups in total. The highest BCUT2D eigenvalue weighted by atomic mass is 16.5. The second-order valence-corrected chi connectivity index (χ2v) is 5.49. The normalized spacial score (nSPS) is 22.0. The van der Waals surface area contributed by atoms with Crippen molar-refractivity contribution in [3.8, 4) is 11.5 Å². The van der Waals surface area contributed by atoms with Gasteiger partial charge in [0.15, 0.2) is 0 Å². The van der Waals surface area contributed by atoms with Crippen LogP contribution in [0.4, 0.5) is 0 Å². The van der Waals surface area contributed by atoms with Gasteiger partial charge < -0.3 is 20.3 Å². The van der Waals surface area contributed by atoms with E-state index in [2.05, 4.69) is 5.32 Å². The number of esters is 1. The molecule has 0 aliphatic heterocycles. The number of phenols is 2. The summed E-state index contributed by atoms with van der Waals surface area (Å²) in [5.41, 5.74) is 0.764. The number of rotatable bonds is 5. The molecular formula is C16H23NO4. The molecule has 5 nitrogen and oxygen atoms in total. The van der Waals surface area contributed by atoms with Gasteiger partial charge in [-0.3, -0.25) is 4.79 Å². The maximum absolute atomic E-state index is 11.7. The van der Waals surface area contributed by atoms with Crippen LogP contribution in [0, 0.1) is 5.92 Å².